The van der Waals surface area contributed by atoms with Crippen LogP contribution in [-0.2, 0) is 14.3 Å². The van der Waals surface area contributed by atoms with Gasteiger partial charge >= 0.3 is 17.9 Å². The second-order valence-electron chi connectivity index (χ2n) is 5.85. The Kier molecular flexibility index (Phi) is 6.81. The number of carbonyl (C=O) groups excluding carboxylic acids is 3. The summed E-state index contributed by atoms with van der Waals surface area (Å²) in [6.45, 7) is 4.94. The minimum Gasteiger partial charge on any atom is -0.450 e. The third kappa shape index (κ3) is 5.45. The Labute approximate surface area is 155 Å². The van der Waals surface area contributed by atoms with E-state index in [1.54, 1.807) is 24.0 Å². The molecule has 1 heterocycles. The number of carbonyl (C=O) groups is 3. The molecule has 0 radical (unpaired) electrons. The van der Waals surface area contributed by atoms with E-state index < -0.39 is 11.8 Å². The highest BCUT2D eigenvalue weighted by molar-refractivity contribution is 9.10. The molecule has 136 valence electrons. The molecule has 1 aliphatic heterocycles. The number of rotatable bonds is 3. The van der Waals surface area contributed by atoms with Gasteiger partial charge in [-0.2, -0.15) is 0 Å². The summed E-state index contributed by atoms with van der Waals surface area (Å²) >= 11 is 3.35. The minimum atomic E-state index is -0.696. The molecule has 8 heteroatoms. The average molecular weight is 412 g/mol. The summed E-state index contributed by atoms with van der Waals surface area (Å²) in [5, 5.41) is 5.34. The lowest BCUT2D eigenvalue weighted by atomic mass is 10.1. The van der Waals surface area contributed by atoms with Crippen molar-refractivity contribution in [3.05, 3.63) is 28.2 Å². The fourth-order valence-electron chi connectivity index (χ4n) is 2.62. The number of anilines is 1. The Balaban J connectivity index is 1.82. The van der Waals surface area contributed by atoms with Crippen molar-refractivity contribution >= 4 is 39.5 Å². The molecule has 1 aromatic rings. The van der Waals surface area contributed by atoms with Gasteiger partial charge in [0.05, 0.1) is 6.61 Å². The van der Waals surface area contributed by atoms with Crippen molar-refractivity contribution < 1.29 is 19.1 Å². The van der Waals surface area contributed by atoms with E-state index in [2.05, 4.69) is 26.6 Å². The van der Waals surface area contributed by atoms with Gasteiger partial charge in [0, 0.05) is 29.3 Å². The number of piperidine rings is 1. The fourth-order valence-corrected chi connectivity index (χ4v) is 3.09. The van der Waals surface area contributed by atoms with Gasteiger partial charge in [-0.25, -0.2) is 4.79 Å². The Morgan fingerprint density at radius 2 is 1.92 bits per heavy atom. The van der Waals surface area contributed by atoms with Crippen molar-refractivity contribution in [2.45, 2.75) is 32.7 Å². The highest BCUT2D eigenvalue weighted by atomic mass is 79.9. The molecule has 0 spiro atoms. The zero-order valence-corrected chi connectivity index (χ0v) is 15.9. The lowest BCUT2D eigenvalue weighted by molar-refractivity contribution is -0.136. The van der Waals surface area contributed by atoms with E-state index >= 15 is 0 Å². The topological polar surface area (TPSA) is 87.7 Å². The molecule has 1 aromatic carbocycles. The van der Waals surface area contributed by atoms with Gasteiger partial charge in [0.1, 0.15) is 0 Å². The summed E-state index contributed by atoms with van der Waals surface area (Å²) in [5.41, 5.74) is 1.46. The van der Waals surface area contributed by atoms with Crippen LogP contribution in [0.3, 0.4) is 0 Å². The molecule has 0 aliphatic carbocycles. The van der Waals surface area contributed by atoms with E-state index in [-0.39, 0.29) is 12.1 Å². The Morgan fingerprint density at radius 1 is 1.24 bits per heavy atom. The zero-order chi connectivity index (χ0) is 18.4. The van der Waals surface area contributed by atoms with Gasteiger partial charge in [0.15, 0.2) is 0 Å². The fraction of sp³-hybridized carbons (Fsp3) is 0.471. The first kappa shape index (κ1) is 19.2. The van der Waals surface area contributed by atoms with Crippen molar-refractivity contribution in [3.8, 4) is 0 Å². The normalized spacial score (nSPS) is 14.8. The van der Waals surface area contributed by atoms with Crippen molar-refractivity contribution in [2.75, 3.05) is 25.0 Å². The number of hydrogen-bond donors (Lipinski definition) is 2. The molecule has 2 N–H and O–H groups in total. The first-order valence-electron chi connectivity index (χ1n) is 8.20. The van der Waals surface area contributed by atoms with Gasteiger partial charge in [0.2, 0.25) is 0 Å². The maximum absolute atomic E-state index is 12.1. The first-order valence-corrected chi connectivity index (χ1v) is 8.99. The van der Waals surface area contributed by atoms with Gasteiger partial charge in [-0.1, -0.05) is 15.9 Å². The third-order valence-electron chi connectivity index (χ3n) is 4.00. The van der Waals surface area contributed by atoms with E-state index in [4.69, 9.17) is 4.74 Å². The molecular formula is C17H22BrN3O4. The lowest BCUT2D eigenvalue weighted by Crippen LogP contribution is -2.49. The molecule has 0 saturated carbocycles. The number of aryl methyl sites for hydroxylation is 1. The van der Waals surface area contributed by atoms with Gasteiger partial charge in [-0.05, 0) is 50.5 Å². The molecule has 0 aromatic heterocycles. The van der Waals surface area contributed by atoms with Crippen molar-refractivity contribution in [3.63, 3.8) is 0 Å². The van der Waals surface area contributed by atoms with Gasteiger partial charge in [-0.15, -0.1) is 0 Å². The summed E-state index contributed by atoms with van der Waals surface area (Å²) < 4.78 is 5.86. The van der Waals surface area contributed by atoms with E-state index in [0.29, 0.717) is 38.2 Å². The molecular weight excluding hydrogens is 390 g/mol. The summed E-state index contributed by atoms with van der Waals surface area (Å²) in [5.74, 6) is -1.37. The van der Waals surface area contributed by atoms with Crippen LogP contribution in [0, 0.1) is 6.92 Å². The van der Waals surface area contributed by atoms with Crippen LogP contribution in [0.4, 0.5) is 10.5 Å². The predicted molar refractivity (Wildman–Crippen MR) is 97.3 cm³/mol. The standard InChI is InChI=1S/C17H22BrN3O4/c1-3-25-17(24)21-8-6-13(7-9-21)19-15(22)16(23)20-14-5-4-12(18)10-11(14)2/h4-5,10,13H,3,6-9H2,1-2H3,(H,19,22)(H,20,23). The highest BCUT2D eigenvalue weighted by Crippen LogP contribution is 2.20. The van der Waals surface area contributed by atoms with E-state index in [0.717, 1.165) is 10.0 Å². The van der Waals surface area contributed by atoms with E-state index in [1.165, 1.54) is 0 Å². The van der Waals surface area contributed by atoms with Crippen LogP contribution in [0.15, 0.2) is 22.7 Å². The maximum Gasteiger partial charge on any atom is 0.409 e. The number of halogens is 1. The second-order valence-corrected chi connectivity index (χ2v) is 6.76. The molecule has 0 unspecified atom stereocenters. The molecule has 2 rings (SSSR count). The highest BCUT2D eigenvalue weighted by Gasteiger charge is 2.26. The SMILES string of the molecule is CCOC(=O)N1CCC(NC(=O)C(=O)Nc2ccc(Br)cc2C)CC1. The lowest BCUT2D eigenvalue weighted by Gasteiger charge is -2.31. The third-order valence-corrected chi connectivity index (χ3v) is 4.49. The number of likely N-dealkylation sites (tertiary alicyclic amines) is 1. The zero-order valence-electron chi connectivity index (χ0n) is 14.3. The monoisotopic (exact) mass is 411 g/mol. The summed E-state index contributed by atoms with van der Waals surface area (Å²) in [7, 11) is 0. The number of ether oxygens (including phenoxy) is 1. The van der Waals surface area contributed by atoms with Crippen LogP contribution >= 0.6 is 15.9 Å². The van der Waals surface area contributed by atoms with Crippen LogP contribution in [0.2, 0.25) is 0 Å². The molecule has 0 atom stereocenters. The first-order chi connectivity index (χ1) is 11.9. The van der Waals surface area contributed by atoms with Gasteiger partial charge in [-0.3, -0.25) is 9.59 Å². The molecule has 7 nitrogen and oxygen atoms in total. The maximum atomic E-state index is 12.1. The van der Waals surface area contributed by atoms with Gasteiger partial charge in [0.25, 0.3) is 0 Å². The summed E-state index contributed by atoms with van der Waals surface area (Å²) in [6.07, 6.45) is 0.848. The quantitative estimate of drug-likeness (QED) is 0.747. The number of nitrogens with zero attached hydrogens (tertiary/aromatic N) is 1. The number of amides is 3. The molecule has 1 aliphatic rings. The molecule has 1 saturated heterocycles. The molecule has 0 bridgehead atoms. The Morgan fingerprint density at radius 3 is 2.52 bits per heavy atom. The molecule has 3 amide bonds. The Hall–Kier alpha value is -2.09. The van der Waals surface area contributed by atoms with Crippen LogP contribution in [0.5, 0.6) is 0 Å². The molecule has 25 heavy (non-hydrogen) atoms. The number of benzene rings is 1. The van der Waals surface area contributed by atoms with Crippen LogP contribution in [-0.4, -0.2) is 48.5 Å². The number of hydrogen-bond acceptors (Lipinski definition) is 4. The average Bonchev–Trinajstić information content (AvgIpc) is 2.58. The van der Waals surface area contributed by atoms with Crippen molar-refractivity contribution in [1.82, 2.24) is 10.2 Å². The summed E-state index contributed by atoms with van der Waals surface area (Å²) in [6, 6.07) is 5.27. The van der Waals surface area contributed by atoms with E-state index in [9.17, 15) is 14.4 Å². The van der Waals surface area contributed by atoms with Crippen LogP contribution in [0.1, 0.15) is 25.3 Å². The van der Waals surface area contributed by atoms with Crippen molar-refractivity contribution in [2.24, 2.45) is 0 Å². The number of nitrogens with one attached hydrogen (secondary N) is 2. The largest absolute Gasteiger partial charge is 0.450 e. The van der Waals surface area contributed by atoms with Crippen LogP contribution in [0.25, 0.3) is 0 Å². The predicted octanol–water partition coefficient (Wildman–Crippen LogP) is 2.43. The van der Waals surface area contributed by atoms with Gasteiger partial charge < -0.3 is 20.3 Å². The van der Waals surface area contributed by atoms with E-state index in [1.807, 2.05) is 13.0 Å². The Bertz CT molecular complexity index is 657. The smallest absolute Gasteiger partial charge is 0.409 e. The molecule has 1 fully saturated rings. The minimum absolute atomic E-state index is 0.130. The summed E-state index contributed by atoms with van der Waals surface area (Å²) in [4.78, 5) is 37.4. The van der Waals surface area contributed by atoms with Crippen molar-refractivity contribution in [1.29, 1.82) is 0 Å². The van der Waals surface area contributed by atoms with Crippen LogP contribution < -0.4 is 10.6 Å². The second kappa shape index (κ2) is 8.84.